The number of hydrogen-bond donors (Lipinski definition) is 1. The third-order valence-corrected chi connectivity index (χ3v) is 5.11. The molecule has 0 aromatic heterocycles. The van der Waals surface area contributed by atoms with Crippen LogP contribution in [0.15, 0.2) is 0 Å². The predicted molar refractivity (Wildman–Crippen MR) is 65.9 cm³/mol. The molecule has 0 saturated heterocycles. The van der Waals surface area contributed by atoms with E-state index in [1.807, 2.05) is 0 Å². The molecular formula is C12H22O3S. The smallest absolute Gasteiger partial charge is 0.303 e. The number of aliphatic carboxylic acids is 1. The van der Waals surface area contributed by atoms with Crippen LogP contribution in [0.5, 0.6) is 0 Å². The number of carboxylic acids is 1. The maximum Gasteiger partial charge on any atom is 0.303 e. The Labute approximate surface area is 100 Å². The van der Waals surface area contributed by atoms with Gasteiger partial charge in [-0.15, -0.1) is 0 Å². The van der Waals surface area contributed by atoms with Crippen molar-refractivity contribution in [3.63, 3.8) is 0 Å². The second-order valence-electron chi connectivity index (χ2n) is 4.83. The van der Waals surface area contributed by atoms with Gasteiger partial charge in [-0.05, 0) is 31.6 Å². The zero-order valence-corrected chi connectivity index (χ0v) is 10.8. The van der Waals surface area contributed by atoms with Crippen LogP contribution in [0, 0.1) is 5.92 Å². The van der Waals surface area contributed by atoms with Gasteiger partial charge in [0.2, 0.25) is 0 Å². The molecular weight excluding hydrogens is 224 g/mol. The molecule has 0 aromatic rings. The van der Waals surface area contributed by atoms with Gasteiger partial charge < -0.3 is 5.11 Å². The van der Waals surface area contributed by atoms with Crippen molar-refractivity contribution >= 4 is 16.8 Å². The molecule has 0 aromatic carbocycles. The van der Waals surface area contributed by atoms with Crippen molar-refractivity contribution in [1.29, 1.82) is 0 Å². The molecule has 0 amide bonds. The monoisotopic (exact) mass is 246 g/mol. The Morgan fingerprint density at radius 3 is 2.75 bits per heavy atom. The minimum Gasteiger partial charge on any atom is -0.481 e. The summed E-state index contributed by atoms with van der Waals surface area (Å²) in [5.74, 6) is 0.642. The third kappa shape index (κ3) is 5.10. The van der Waals surface area contributed by atoms with Crippen LogP contribution in [0.2, 0.25) is 0 Å². The number of unbranched alkanes of at least 4 members (excludes halogenated alkanes) is 1. The second-order valence-corrected chi connectivity index (χ2v) is 6.67. The number of hydrogen-bond acceptors (Lipinski definition) is 2. The van der Waals surface area contributed by atoms with Crippen molar-refractivity contribution in [3.05, 3.63) is 0 Å². The fraction of sp³-hybridized carbons (Fsp3) is 0.917. The van der Waals surface area contributed by atoms with Crippen LogP contribution in [0.25, 0.3) is 0 Å². The van der Waals surface area contributed by atoms with E-state index in [0.717, 1.165) is 19.3 Å². The fourth-order valence-corrected chi connectivity index (χ4v) is 4.10. The molecule has 1 aliphatic carbocycles. The second kappa shape index (κ2) is 7.05. The maximum atomic E-state index is 12.0. The van der Waals surface area contributed by atoms with Crippen LogP contribution < -0.4 is 0 Å². The summed E-state index contributed by atoms with van der Waals surface area (Å²) < 4.78 is 12.0. The molecule has 0 aliphatic heterocycles. The van der Waals surface area contributed by atoms with Crippen LogP contribution >= 0.6 is 0 Å². The molecule has 3 nitrogen and oxygen atoms in total. The Bertz CT molecular complexity index is 253. The van der Waals surface area contributed by atoms with Crippen molar-refractivity contribution in [2.24, 2.45) is 5.92 Å². The van der Waals surface area contributed by atoms with Crippen LogP contribution in [0.1, 0.15) is 51.9 Å². The quantitative estimate of drug-likeness (QED) is 0.733. The van der Waals surface area contributed by atoms with Crippen LogP contribution in [-0.2, 0) is 15.6 Å². The molecule has 94 valence electrons. The summed E-state index contributed by atoms with van der Waals surface area (Å²) in [6.45, 7) is 2.23. The number of carbonyl (C=O) groups is 1. The summed E-state index contributed by atoms with van der Waals surface area (Å²) in [4.78, 5) is 10.3. The van der Waals surface area contributed by atoms with Gasteiger partial charge in [-0.1, -0.05) is 19.8 Å². The van der Waals surface area contributed by atoms with Crippen molar-refractivity contribution in [2.45, 2.75) is 57.1 Å². The van der Waals surface area contributed by atoms with Crippen molar-refractivity contribution in [3.8, 4) is 0 Å². The molecule has 0 spiro atoms. The molecule has 1 rings (SSSR count). The molecule has 0 heterocycles. The number of carboxylic acid groups (broad SMARTS) is 1. The van der Waals surface area contributed by atoms with E-state index < -0.39 is 16.8 Å². The summed E-state index contributed by atoms with van der Waals surface area (Å²) in [6.07, 6.45) is 6.30. The summed E-state index contributed by atoms with van der Waals surface area (Å²) >= 11 is 0. The highest BCUT2D eigenvalue weighted by Gasteiger charge is 2.23. The molecule has 1 aliphatic rings. The Morgan fingerprint density at radius 1 is 1.38 bits per heavy atom. The molecule has 3 atom stereocenters. The van der Waals surface area contributed by atoms with Crippen molar-refractivity contribution in [2.75, 3.05) is 5.75 Å². The first-order chi connectivity index (χ1) is 7.59. The molecule has 4 heteroatoms. The van der Waals surface area contributed by atoms with E-state index in [2.05, 4.69) is 6.92 Å². The molecule has 1 N–H and O–H groups in total. The minimum atomic E-state index is -0.753. The van der Waals surface area contributed by atoms with Gasteiger partial charge in [-0.3, -0.25) is 9.00 Å². The first-order valence-electron chi connectivity index (χ1n) is 6.18. The zero-order chi connectivity index (χ0) is 12.0. The average molecular weight is 246 g/mol. The molecule has 0 bridgehead atoms. The minimum absolute atomic E-state index is 0.207. The van der Waals surface area contributed by atoms with E-state index in [1.54, 1.807) is 0 Å². The fourth-order valence-electron chi connectivity index (χ4n) is 2.30. The van der Waals surface area contributed by atoms with Gasteiger partial charge in [0.1, 0.15) is 0 Å². The van der Waals surface area contributed by atoms with E-state index in [4.69, 9.17) is 5.11 Å². The van der Waals surface area contributed by atoms with E-state index in [-0.39, 0.29) is 6.42 Å². The average Bonchev–Trinajstić information content (AvgIpc) is 2.24. The van der Waals surface area contributed by atoms with Crippen molar-refractivity contribution in [1.82, 2.24) is 0 Å². The van der Waals surface area contributed by atoms with Crippen LogP contribution in [-0.4, -0.2) is 26.3 Å². The van der Waals surface area contributed by atoms with Gasteiger partial charge in [0.05, 0.1) is 0 Å². The van der Waals surface area contributed by atoms with Crippen LogP contribution in [0.4, 0.5) is 0 Å². The SMILES string of the molecule is CC1CCCC(S(=O)CCCCC(=O)O)C1. The lowest BCUT2D eigenvalue weighted by molar-refractivity contribution is -0.137. The van der Waals surface area contributed by atoms with Gasteiger partial charge in [-0.2, -0.15) is 0 Å². The highest BCUT2D eigenvalue weighted by molar-refractivity contribution is 7.85. The normalized spacial score (nSPS) is 27.6. The molecule has 1 fully saturated rings. The lowest BCUT2D eigenvalue weighted by atomic mass is 9.91. The van der Waals surface area contributed by atoms with E-state index in [9.17, 15) is 9.00 Å². The van der Waals surface area contributed by atoms with E-state index in [0.29, 0.717) is 23.3 Å². The van der Waals surface area contributed by atoms with E-state index >= 15 is 0 Å². The van der Waals surface area contributed by atoms with Gasteiger partial charge in [0, 0.05) is 28.2 Å². The maximum absolute atomic E-state index is 12.0. The highest BCUT2D eigenvalue weighted by atomic mass is 32.2. The standard InChI is InChI=1S/C12H22O3S/c1-10-5-4-6-11(9-10)16(15)8-3-2-7-12(13)14/h10-11H,2-9H2,1H3,(H,13,14). The first kappa shape index (κ1) is 13.7. The van der Waals surface area contributed by atoms with Crippen LogP contribution in [0.3, 0.4) is 0 Å². The molecule has 1 saturated carbocycles. The van der Waals surface area contributed by atoms with Crippen molar-refractivity contribution < 1.29 is 14.1 Å². The van der Waals surface area contributed by atoms with Gasteiger partial charge >= 0.3 is 5.97 Å². The van der Waals surface area contributed by atoms with Gasteiger partial charge in [0.25, 0.3) is 0 Å². The van der Waals surface area contributed by atoms with Gasteiger partial charge in [0.15, 0.2) is 0 Å². The Morgan fingerprint density at radius 2 is 2.12 bits per heavy atom. The zero-order valence-electron chi connectivity index (χ0n) is 9.98. The summed E-state index contributed by atoms with van der Waals surface area (Å²) in [7, 11) is -0.735. The third-order valence-electron chi connectivity index (χ3n) is 3.25. The summed E-state index contributed by atoms with van der Waals surface area (Å²) in [6, 6.07) is 0. The summed E-state index contributed by atoms with van der Waals surface area (Å²) in [5, 5.41) is 8.86. The highest BCUT2D eigenvalue weighted by Crippen LogP contribution is 2.27. The summed E-state index contributed by atoms with van der Waals surface area (Å²) in [5.41, 5.74) is 0. The lowest BCUT2D eigenvalue weighted by Gasteiger charge is -2.25. The molecule has 3 unspecified atom stereocenters. The van der Waals surface area contributed by atoms with E-state index in [1.165, 1.54) is 12.8 Å². The molecule has 0 radical (unpaired) electrons. The Hall–Kier alpha value is -0.380. The topological polar surface area (TPSA) is 54.4 Å². The lowest BCUT2D eigenvalue weighted by Crippen LogP contribution is -2.24. The Kier molecular flexibility index (Phi) is 6.03. The molecule has 16 heavy (non-hydrogen) atoms. The predicted octanol–water partition coefficient (Wildman–Crippen LogP) is 2.57. The van der Waals surface area contributed by atoms with Gasteiger partial charge in [-0.25, -0.2) is 0 Å². The first-order valence-corrected chi connectivity index (χ1v) is 7.56. The number of rotatable bonds is 6. The largest absolute Gasteiger partial charge is 0.481 e. The Balaban J connectivity index is 2.16.